The van der Waals surface area contributed by atoms with Crippen molar-refractivity contribution in [1.82, 2.24) is 0 Å². The molecule has 0 saturated heterocycles. The van der Waals surface area contributed by atoms with E-state index in [-0.39, 0.29) is 22.3 Å². The molecular weight excluding hydrogens is 1110 g/mol. The topological polar surface area (TPSA) is 34.1 Å². The van der Waals surface area contributed by atoms with E-state index in [1.54, 1.807) is 133 Å². The summed E-state index contributed by atoms with van der Waals surface area (Å²) in [4.78, 5) is 2.23. The number of thioether (sulfide) groups is 2. The van der Waals surface area contributed by atoms with Crippen LogP contribution in [0.15, 0.2) is 284 Å². The van der Waals surface area contributed by atoms with Crippen LogP contribution in [0.3, 0.4) is 0 Å². The lowest BCUT2D eigenvalue weighted by Gasteiger charge is -2.11. The highest BCUT2D eigenvalue weighted by Crippen LogP contribution is 2.39. The Labute approximate surface area is 456 Å². The van der Waals surface area contributed by atoms with Gasteiger partial charge in [-0.15, -0.1) is 0 Å². The van der Waals surface area contributed by atoms with Crippen LogP contribution in [0.4, 0.5) is 52.7 Å². The molecule has 2 unspecified atom stereocenters. The second-order valence-corrected chi connectivity index (χ2v) is 20.2. The highest BCUT2D eigenvalue weighted by molar-refractivity contribution is 8.02. The van der Waals surface area contributed by atoms with E-state index in [1.807, 2.05) is 12.1 Å². The fraction of sp³-hybridized carbons (Fsp3) is 0.0667. The number of hydrogen-bond donors (Lipinski definition) is 0. The smallest absolute Gasteiger partial charge is 0.250 e. The predicted molar refractivity (Wildman–Crippen MR) is 292 cm³/mol. The summed E-state index contributed by atoms with van der Waals surface area (Å²) in [5.41, 5.74) is -2.66. The van der Waals surface area contributed by atoms with Crippen LogP contribution in [0, 0.1) is 0 Å². The van der Waals surface area contributed by atoms with Crippen molar-refractivity contribution in [3.05, 3.63) is 287 Å². The van der Waals surface area contributed by atoms with E-state index in [2.05, 4.69) is 0 Å². The van der Waals surface area contributed by atoms with Crippen molar-refractivity contribution < 1.29 is 61.1 Å². The Bertz CT molecular complexity index is 2990. The predicted octanol–water partition coefficient (Wildman–Crippen LogP) is 19.6. The molecule has 8 aromatic rings. The Morgan fingerprint density at radius 3 is 0.692 bits per heavy atom. The van der Waals surface area contributed by atoms with Crippen molar-refractivity contribution in [2.45, 2.75) is 44.3 Å². The molecule has 8 rings (SSSR count). The van der Waals surface area contributed by atoms with Gasteiger partial charge in [0, 0.05) is 30.4 Å². The molecule has 18 heteroatoms. The third-order valence-electron chi connectivity index (χ3n) is 10.1. The molecule has 0 saturated carbocycles. The second-order valence-electron chi connectivity index (χ2n) is 15.7. The molecule has 0 aromatic heterocycles. The molecule has 0 radical (unpaired) electrons. The van der Waals surface area contributed by atoms with Crippen molar-refractivity contribution in [2.75, 3.05) is 0 Å². The van der Waals surface area contributed by atoms with E-state index in [0.717, 1.165) is 54.9 Å². The van der Waals surface area contributed by atoms with Crippen LogP contribution in [0.5, 0.6) is 0 Å². The molecule has 0 aliphatic heterocycles. The van der Waals surface area contributed by atoms with Gasteiger partial charge in [-0.25, -0.2) is 8.42 Å². The summed E-state index contributed by atoms with van der Waals surface area (Å²) in [6, 6.07) is 64.4. The fourth-order valence-electron chi connectivity index (χ4n) is 6.38. The van der Waals surface area contributed by atoms with Crippen LogP contribution in [0.2, 0.25) is 0 Å². The average molecular weight is 1150 g/mol. The fourth-order valence-corrected chi connectivity index (χ4v) is 10.1. The summed E-state index contributed by atoms with van der Waals surface area (Å²) >= 11 is 2.14. The Morgan fingerprint density at radius 2 is 0.474 bits per heavy atom. The van der Waals surface area contributed by atoms with Gasteiger partial charge in [-0.05, 0) is 81.6 Å². The lowest BCUT2D eigenvalue weighted by Crippen LogP contribution is -2.11. The summed E-state index contributed by atoms with van der Waals surface area (Å²) in [5.74, 6) is 0. The molecule has 78 heavy (non-hydrogen) atoms. The van der Waals surface area contributed by atoms with Crippen LogP contribution in [0.1, 0.15) is 22.3 Å². The number of alkyl halides is 12. The first-order valence-electron chi connectivity index (χ1n) is 22.8. The highest BCUT2D eigenvalue weighted by atomic mass is 32.2. The van der Waals surface area contributed by atoms with Crippen LogP contribution >= 0.6 is 23.5 Å². The summed E-state index contributed by atoms with van der Waals surface area (Å²) in [7, 11) is -3.68. The lowest BCUT2D eigenvalue weighted by atomic mass is 10.1. The summed E-state index contributed by atoms with van der Waals surface area (Å²) in [6.45, 7) is 0. The van der Waals surface area contributed by atoms with Gasteiger partial charge in [0.05, 0.1) is 43.9 Å². The first kappa shape index (κ1) is 61.7. The maximum Gasteiger partial charge on any atom is 0.417 e. The van der Waals surface area contributed by atoms with Crippen LogP contribution in [-0.4, -0.2) is 33.1 Å². The number of benzene rings is 8. The number of halogens is 12. The molecule has 0 N–H and O–H groups in total. The molecule has 0 bridgehead atoms. The summed E-state index contributed by atoms with van der Waals surface area (Å²) in [5, 5.41) is 3.82. The molecule has 0 heterocycles. The molecule has 2 nitrogen and oxygen atoms in total. The molecule has 0 aliphatic carbocycles. The lowest BCUT2D eigenvalue weighted by molar-refractivity contribution is -0.0696. The van der Waals surface area contributed by atoms with Crippen LogP contribution in [0.25, 0.3) is 22.3 Å². The first-order chi connectivity index (χ1) is 37.1. The molecular formula is C60H44F12O2S4. The summed E-state index contributed by atoms with van der Waals surface area (Å²) in [6.07, 6.45) is -17.8. The molecule has 8 aromatic carbocycles. The third-order valence-corrected chi connectivity index (χ3v) is 14.2. The van der Waals surface area contributed by atoms with E-state index >= 15 is 0 Å². The highest BCUT2D eigenvalue weighted by Gasteiger charge is 2.37. The van der Waals surface area contributed by atoms with E-state index in [4.69, 9.17) is 0 Å². The molecule has 0 spiro atoms. The van der Waals surface area contributed by atoms with Gasteiger partial charge in [0.25, 0.3) is 0 Å². The van der Waals surface area contributed by atoms with Crippen molar-refractivity contribution in [1.29, 1.82) is 0 Å². The monoisotopic (exact) mass is 1150 g/mol. The second kappa shape index (κ2) is 30.1. The minimum atomic E-state index is -4.55. The van der Waals surface area contributed by atoms with Gasteiger partial charge in [0.15, 0.2) is 0 Å². The van der Waals surface area contributed by atoms with Gasteiger partial charge in [-0.3, -0.25) is 0 Å². The molecule has 0 amide bonds. The van der Waals surface area contributed by atoms with E-state index in [0.29, 0.717) is 9.79 Å². The molecule has 0 aliphatic rings. The van der Waals surface area contributed by atoms with Gasteiger partial charge in [0.1, 0.15) is 0 Å². The molecule has 404 valence electrons. The van der Waals surface area contributed by atoms with E-state index in [9.17, 15) is 61.1 Å². The molecule has 0 fully saturated rings. The van der Waals surface area contributed by atoms with E-state index in [1.165, 1.54) is 97.1 Å². The quantitative estimate of drug-likeness (QED) is 0.0902. The maximum atomic E-state index is 13.1. The largest absolute Gasteiger partial charge is 0.417 e. The third kappa shape index (κ3) is 21.0. The Hall–Kier alpha value is -7.12. The average Bonchev–Trinajstić information content (AvgIpc) is 3.45. The summed E-state index contributed by atoms with van der Waals surface area (Å²) < 4.78 is 181. The Balaban J connectivity index is 0.000000192. The Morgan fingerprint density at radius 1 is 0.282 bits per heavy atom. The normalized spacial score (nSPS) is 13.3. The van der Waals surface area contributed by atoms with Gasteiger partial charge in [0.2, 0.25) is 0 Å². The van der Waals surface area contributed by atoms with Crippen LogP contribution in [-0.2, 0) is 21.6 Å². The zero-order valence-electron chi connectivity index (χ0n) is 40.4. The van der Waals surface area contributed by atoms with E-state index < -0.39 is 68.6 Å². The Kier molecular flexibility index (Phi) is 23.9. The maximum absolute atomic E-state index is 13.1. The minimum absolute atomic E-state index is 0.00396. The zero-order chi connectivity index (χ0) is 56.6. The van der Waals surface area contributed by atoms with Gasteiger partial charge in [-0.2, -0.15) is 52.7 Å². The standard InChI is InChI=1S/2C15H11F3OS.2C15H11F3S/c2*16-15(17,18)14(12-7-3-1-4-8-12)11-20(19)13-9-5-2-6-10-13;2*16-15(17,18)14(12-7-3-1-4-8-12)11-19-13-9-5-2-6-10-13/h2*1-11H;2*1-11H/b14-11+;14-11-;14-11+;14-11-. The van der Waals surface area contributed by atoms with Crippen molar-refractivity contribution in [3.8, 4) is 0 Å². The molecule has 2 atom stereocenters. The number of allylic oxidation sites excluding steroid dienone is 4. The van der Waals surface area contributed by atoms with Gasteiger partial charge >= 0.3 is 24.7 Å². The van der Waals surface area contributed by atoms with Crippen LogP contribution < -0.4 is 0 Å². The minimum Gasteiger partial charge on any atom is -0.250 e. The first-order valence-corrected chi connectivity index (χ1v) is 27.0. The van der Waals surface area contributed by atoms with Gasteiger partial charge in [-0.1, -0.05) is 218 Å². The van der Waals surface area contributed by atoms with Gasteiger partial charge < -0.3 is 0 Å². The van der Waals surface area contributed by atoms with Crippen molar-refractivity contribution in [3.63, 3.8) is 0 Å². The number of rotatable bonds is 12. The van der Waals surface area contributed by atoms with Crippen molar-refractivity contribution >= 4 is 67.4 Å². The number of hydrogen-bond acceptors (Lipinski definition) is 4. The SMILES string of the molecule is FC(F)(F)/C(=C/Sc1ccccc1)c1ccccc1.FC(F)(F)/C(=C\Sc1ccccc1)c1ccccc1.O=S(/C=C(/c1ccccc1)C(F)(F)F)c1ccccc1.O=S(/C=C(\c1ccccc1)C(F)(F)F)c1ccccc1. The zero-order valence-corrected chi connectivity index (χ0v) is 43.7. The van der Waals surface area contributed by atoms with Crippen molar-refractivity contribution in [2.24, 2.45) is 0 Å².